The second-order valence-corrected chi connectivity index (χ2v) is 2.69. The summed E-state index contributed by atoms with van der Waals surface area (Å²) in [4.78, 5) is 0. The molecule has 0 aromatic carbocycles. The molecule has 3 heteroatoms. The zero-order valence-corrected chi connectivity index (χ0v) is 5.33. The molecule has 0 radical (unpaired) electrons. The van der Waals surface area contributed by atoms with Crippen molar-refractivity contribution in [3.05, 3.63) is 0 Å². The van der Waals surface area contributed by atoms with Crippen LogP contribution in [0.15, 0.2) is 0 Å². The fraction of sp³-hybridized carbons (Fsp3) is 1.00. The molecule has 0 spiro atoms. The maximum absolute atomic E-state index is 8.67. The van der Waals surface area contributed by atoms with E-state index in [4.69, 9.17) is 15.9 Å². The molecule has 54 valence electrons. The van der Waals surface area contributed by atoms with E-state index in [9.17, 15) is 0 Å². The van der Waals surface area contributed by atoms with Gasteiger partial charge in [0.15, 0.2) is 0 Å². The Hall–Kier alpha value is -0.120. The van der Waals surface area contributed by atoms with E-state index in [0.717, 1.165) is 6.42 Å². The quantitative estimate of drug-likeness (QED) is 0.447. The number of rotatable bonds is 2. The summed E-state index contributed by atoms with van der Waals surface area (Å²) < 4.78 is 0. The summed E-state index contributed by atoms with van der Waals surface area (Å²) in [6.07, 6.45) is 0.863. The largest absolute Gasteiger partial charge is 0.396 e. The van der Waals surface area contributed by atoms with E-state index < -0.39 is 0 Å². The van der Waals surface area contributed by atoms with Crippen LogP contribution in [0.1, 0.15) is 6.42 Å². The summed E-state index contributed by atoms with van der Waals surface area (Å²) in [6.45, 7) is 0.283. The van der Waals surface area contributed by atoms with Crippen molar-refractivity contribution in [2.24, 2.45) is 17.6 Å². The highest BCUT2D eigenvalue weighted by Crippen LogP contribution is 2.31. The van der Waals surface area contributed by atoms with Crippen molar-refractivity contribution < 1.29 is 10.2 Å². The van der Waals surface area contributed by atoms with Crippen molar-refractivity contribution in [1.29, 1.82) is 0 Å². The van der Waals surface area contributed by atoms with Gasteiger partial charge in [-0.05, 0) is 12.3 Å². The number of aliphatic hydroxyl groups is 2. The summed E-state index contributed by atoms with van der Waals surface area (Å²) in [5.41, 5.74) is 5.53. The second kappa shape index (κ2) is 2.64. The van der Waals surface area contributed by atoms with Crippen molar-refractivity contribution >= 4 is 0 Å². The van der Waals surface area contributed by atoms with Crippen LogP contribution in [0.5, 0.6) is 0 Å². The van der Waals surface area contributed by atoms with Gasteiger partial charge in [-0.2, -0.15) is 0 Å². The van der Waals surface area contributed by atoms with Crippen LogP contribution in [0.3, 0.4) is 0 Å². The molecular weight excluding hydrogens is 118 g/mol. The van der Waals surface area contributed by atoms with E-state index in [1.54, 1.807) is 0 Å². The highest BCUT2D eigenvalue weighted by Gasteiger charge is 2.37. The summed E-state index contributed by atoms with van der Waals surface area (Å²) in [5.74, 6) is 0.403. The summed E-state index contributed by atoms with van der Waals surface area (Å²) in [6, 6.07) is 0.118. The van der Waals surface area contributed by atoms with E-state index in [0.29, 0.717) is 0 Å². The van der Waals surface area contributed by atoms with Gasteiger partial charge in [-0.1, -0.05) is 0 Å². The van der Waals surface area contributed by atoms with Crippen molar-refractivity contribution in [1.82, 2.24) is 0 Å². The Labute approximate surface area is 54.5 Å². The van der Waals surface area contributed by atoms with Crippen LogP contribution in [0.25, 0.3) is 0 Å². The average molecular weight is 131 g/mol. The smallest absolute Gasteiger partial charge is 0.0477 e. The van der Waals surface area contributed by atoms with Crippen LogP contribution in [0.2, 0.25) is 0 Å². The Bertz CT molecular complexity index is 97.1. The molecule has 1 saturated carbocycles. The lowest BCUT2D eigenvalue weighted by Gasteiger charge is -2.40. The molecule has 1 aliphatic rings. The molecule has 9 heavy (non-hydrogen) atoms. The molecule has 1 fully saturated rings. The first-order chi connectivity index (χ1) is 4.29. The van der Waals surface area contributed by atoms with Crippen molar-refractivity contribution in [2.75, 3.05) is 13.2 Å². The van der Waals surface area contributed by atoms with Crippen molar-refractivity contribution in [2.45, 2.75) is 12.5 Å². The number of hydrogen-bond acceptors (Lipinski definition) is 3. The third kappa shape index (κ3) is 1.08. The second-order valence-electron chi connectivity index (χ2n) is 2.69. The van der Waals surface area contributed by atoms with Crippen LogP contribution >= 0.6 is 0 Å². The first kappa shape index (κ1) is 6.99. The molecule has 0 aromatic rings. The van der Waals surface area contributed by atoms with Gasteiger partial charge in [-0.15, -0.1) is 0 Å². The molecule has 0 bridgehead atoms. The maximum Gasteiger partial charge on any atom is 0.0477 e. The molecule has 0 aliphatic heterocycles. The Kier molecular flexibility index (Phi) is 2.05. The van der Waals surface area contributed by atoms with E-state index in [1.165, 1.54) is 0 Å². The molecule has 1 unspecified atom stereocenters. The molecule has 1 rings (SSSR count). The number of aliphatic hydroxyl groups excluding tert-OH is 2. The normalized spacial score (nSPS) is 42.3. The molecule has 0 amide bonds. The lowest BCUT2D eigenvalue weighted by atomic mass is 9.70. The average Bonchev–Trinajstić information content (AvgIpc) is 1.83. The highest BCUT2D eigenvalue weighted by atomic mass is 16.3. The van der Waals surface area contributed by atoms with Gasteiger partial charge in [0.05, 0.1) is 0 Å². The van der Waals surface area contributed by atoms with Gasteiger partial charge < -0.3 is 15.9 Å². The van der Waals surface area contributed by atoms with Gasteiger partial charge in [-0.25, -0.2) is 0 Å². The van der Waals surface area contributed by atoms with Crippen molar-refractivity contribution in [3.8, 4) is 0 Å². The fourth-order valence-corrected chi connectivity index (χ4v) is 1.35. The van der Waals surface area contributed by atoms with Crippen LogP contribution < -0.4 is 5.73 Å². The number of hydrogen-bond donors (Lipinski definition) is 3. The molecule has 4 N–H and O–H groups in total. The Morgan fingerprint density at radius 3 is 2.22 bits per heavy atom. The van der Waals surface area contributed by atoms with E-state index in [1.807, 2.05) is 0 Å². The zero-order chi connectivity index (χ0) is 6.85. The third-order valence-corrected chi connectivity index (χ3v) is 2.18. The van der Waals surface area contributed by atoms with Crippen LogP contribution in [0.4, 0.5) is 0 Å². The topological polar surface area (TPSA) is 66.5 Å². The van der Waals surface area contributed by atoms with Crippen LogP contribution in [-0.4, -0.2) is 29.5 Å². The third-order valence-electron chi connectivity index (χ3n) is 2.18. The Morgan fingerprint density at radius 2 is 2.00 bits per heavy atom. The van der Waals surface area contributed by atoms with Crippen LogP contribution in [-0.2, 0) is 0 Å². The number of nitrogens with two attached hydrogens (primary N) is 1. The van der Waals surface area contributed by atoms with Gasteiger partial charge >= 0.3 is 0 Å². The predicted octanol–water partition coefficient (Wildman–Crippen LogP) is -1.07. The summed E-state index contributed by atoms with van der Waals surface area (Å²) in [7, 11) is 0. The Balaban J connectivity index is 2.29. The molecule has 0 aromatic heterocycles. The van der Waals surface area contributed by atoms with E-state index in [2.05, 4.69) is 0 Å². The van der Waals surface area contributed by atoms with Gasteiger partial charge in [0.2, 0.25) is 0 Å². The molecule has 0 heterocycles. The molecule has 1 aliphatic carbocycles. The molecule has 3 atom stereocenters. The van der Waals surface area contributed by atoms with Crippen molar-refractivity contribution in [3.63, 3.8) is 0 Å². The minimum Gasteiger partial charge on any atom is -0.396 e. The first-order valence-corrected chi connectivity index (χ1v) is 3.27. The van der Waals surface area contributed by atoms with E-state index in [-0.39, 0.29) is 31.1 Å². The minimum atomic E-state index is 0.117. The highest BCUT2D eigenvalue weighted by molar-refractivity contribution is 4.90. The van der Waals surface area contributed by atoms with Gasteiger partial charge in [0.25, 0.3) is 0 Å². The van der Waals surface area contributed by atoms with Gasteiger partial charge in [-0.3, -0.25) is 0 Å². The van der Waals surface area contributed by atoms with Gasteiger partial charge in [0, 0.05) is 25.2 Å². The van der Waals surface area contributed by atoms with Crippen LogP contribution in [0, 0.1) is 11.8 Å². The maximum atomic E-state index is 8.67. The minimum absolute atomic E-state index is 0.117. The summed E-state index contributed by atoms with van der Waals surface area (Å²) >= 11 is 0. The van der Waals surface area contributed by atoms with Gasteiger partial charge in [0.1, 0.15) is 0 Å². The van der Waals surface area contributed by atoms with E-state index >= 15 is 0 Å². The fourth-order valence-electron chi connectivity index (χ4n) is 1.35. The lowest BCUT2D eigenvalue weighted by Crippen LogP contribution is -2.50. The molecular formula is C6H13NO2. The first-order valence-electron chi connectivity index (χ1n) is 3.27. The Morgan fingerprint density at radius 1 is 1.33 bits per heavy atom. The zero-order valence-electron chi connectivity index (χ0n) is 5.33. The molecule has 0 saturated heterocycles. The SMILES string of the molecule is NC1C[C@@H](CO)[C@H]1CO. The molecule has 3 nitrogen and oxygen atoms in total. The summed E-state index contributed by atoms with van der Waals surface area (Å²) in [5, 5.41) is 17.3. The lowest BCUT2D eigenvalue weighted by molar-refractivity contribution is 0.0253. The monoisotopic (exact) mass is 131 g/mol. The standard InChI is InChI=1S/C6H13NO2/c7-6-1-4(2-8)5(6)3-9/h4-6,8-9H,1-3,7H2/t4-,5+,6?/m0/s1. The predicted molar refractivity (Wildman–Crippen MR) is 33.7 cm³/mol.